The SMILES string of the molecule is Cc1ccc(C(=O)NC(=S)Nc2ccc(-c3cc4ccccc4oc3=O)c(Cl)c2)cc1Cl. The van der Waals surface area contributed by atoms with Gasteiger partial charge in [-0.3, -0.25) is 10.1 Å². The van der Waals surface area contributed by atoms with Crippen molar-refractivity contribution in [2.75, 3.05) is 5.32 Å². The molecule has 0 aliphatic rings. The van der Waals surface area contributed by atoms with Crippen molar-refractivity contribution in [1.29, 1.82) is 0 Å². The van der Waals surface area contributed by atoms with Crippen molar-refractivity contribution in [3.63, 3.8) is 0 Å². The van der Waals surface area contributed by atoms with Crippen molar-refractivity contribution >= 4 is 63.1 Å². The van der Waals surface area contributed by atoms with E-state index in [-0.39, 0.29) is 11.0 Å². The summed E-state index contributed by atoms with van der Waals surface area (Å²) in [5, 5.41) is 7.23. The molecular formula is C24H16Cl2N2O3S. The molecular weight excluding hydrogens is 467 g/mol. The Labute approximate surface area is 199 Å². The van der Waals surface area contributed by atoms with E-state index in [1.54, 1.807) is 54.6 Å². The Hall–Kier alpha value is -3.19. The van der Waals surface area contributed by atoms with Crippen LogP contribution in [-0.4, -0.2) is 11.0 Å². The van der Waals surface area contributed by atoms with E-state index in [9.17, 15) is 9.59 Å². The van der Waals surface area contributed by atoms with E-state index >= 15 is 0 Å². The van der Waals surface area contributed by atoms with Crippen molar-refractivity contribution in [2.24, 2.45) is 0 Å². The quantitative estimate of drug-likeness (QED) is 0.268. The lowest BCUT2D eigenvalue weighted by Crippen LogP contribution is -2.34. The van der Waals surface area contributed by atoms with E-state index in [1.807, 2.05) is 19.1 Å². The molecule has 0 atom stereocenters. The van der Waals surface area contributed by atoms with Gasteiger partial charge < -0.3 is 9.73 Å². The Morgan fingerprint density at radius 1 is 0.938 bits per heavy atom. The van der Waals surface area contributed by atoms with Gasteiger partial charge in [-0.2, -0.15) is 0 Å². The molecule has 0 unspecified atom stereocenters. The Morgan fingerprint density at radius 3 is 2.47 bits per heavy atom. The third-order valence-corrected chi connectivity index (χ3v) is 5.74. The summed E-state index contributed by atoms with van der Waals surface area (Å²) in [6, 6.07) is 19.0. The normalized spacial score (nSPS) is 10.7. The number of amides is 1. The highest BCUT2D eigenvalue weighted by molar-refractivity contribution is 7.80. The van der Waals surface area contributed by atoms with Crippen molar-refractivity contribution in [3.05, 3.63) is 98.3 Å². The molecule has 4 aromatic rings. The second-order valence-corrected chi connectivity index (χ2v) is 8.27. The van der Waals surface area contributed by atoms with Gasteiger partial charge in [-0.05, 0) is 61.1 Å². The molecule has 32 heavy (non-hydrogen) atoms. The van der Waals surface area contributed by atoms with E-state index in [0.717, 1.165) is 10.9 Å². The van der Waals surface area contributed by atoms with Crippen LogP contribution in [0.15, 0.2) is 75.9 Å². The first-order valence-corrected chi connectivity index (χ1v) is 10.7. The van der Waals surface area contributed by atoms with Crippen molar-refractivity contribution < 1.29 is 9.21 Å². The summed E-state index contributed by atoms with van der Waals surface area (Å²) in [7, 11) is 0. The first-order valence-electron chi connectivity index (χ1n) is 9.53. The zero-order valence-electron chi connectivity index (χ0n) is 16.7. The van der Waals surface area contributed by atoms with Crippen LogP contribution in [0.5, 0.6) is 0 Å². The molecule has 1 heterocycles. The third kappa shape index (κ3) is 4.67. The van der Waals surface area contributed by atoms with Crippen LogP contribution in [0, 0.1) is 6.92 Å². The number of thiocarbonyl (C=S) groups is 1. The Morgan fingerprint density at radius 2 is 1.72 bits per heavy atom. The molecule has 0 saturated heterocycles. The molecule has 0 aliphatic heterocycles. The minimum Gasteiger partial charge on any atom is -0.422 e. The van der Waals surface area contributed by atoms with Gasteiger partial charge in [-0.15, -0.1) is 0 Å². The fourth-order valence-corrected chi connectivity index (χ4v) is 3.81. The highest BCUT2D eigenvalue weighted by atomic mass is 35.5. The fraction of sp³-hybridized carbons (Fsp3) is 0.0417. The predicted molar refractivity (Wildman–Crippen MR) is 133 cm³/mol. The molecule has 0 bridgehead atoms. The van der Waals surface area contributed by atoms with Crippen LogP contribution in [0.4, 0.5) is 5.69 Å². The molecule has 1 amide bonds. The molecule has 4 rings (SSSR count). The molecule has 0 spiro atoms. The fourth-order valence-electron chi connectivity index (χ4n) is 3.13. The lowest BCUT2D eigenvalue weighted by Gasteiger charge is -2.12. The number of para-hydroxylation sites is 1. The average molecular weight is 483 g/mol. The topological polar surface area (TPSA) is 71.3 Å². The second kappa shape index (κ2) is 9.12. The summed E-state index contributed by atoms with van der Waals surface area (Å²) in [6.07, 6.45) is 0. The number of nitrogens with one attached hydrogen (secondary N) is 2. The summed E-state index contributed by atoms with van der Waals surface area (Å²) in [6.45, 7) is 1.85. The second-order valence-electron chi connectivity index (χ2n) is 7.05. The number of aryl methyl sites for hydroxylation is 1. The first-order chi connectivity index (χ1) is 15.3. The van der Waals surface area contributed by atoms with E-state index in [1.165, 1.54) is 0 Å². The number of benzene rings is 3. The Bertz CT molecular complexity index is 1430. The standard InChI is InChI=1S/C24H16Cl2N2O3S/c1-13-6-7-15(11-19(13)25)22(29)28-24(32)27-16-8-9-17(20(26)12-16)18-10-14-4-2-3-5-21(14)31-23(18)30/h2-12H,1H3,(H2,27,28,29,32). The highest BCUT2D eigenvalue weighted by Gasteiger charge is 2.13. The van der Waals surface area contributed by atoms with Crippen LogP contribution in [0.2, 0.25) is 10.0 Å². The van der Waals surface area contributed by atoms with Gasteiger partial charge in [0.2, 0.25) is 0 Å². The van der Waals surface area contributed by atoms with Gasteiger partial charge in [-0.25, -0.2) is 4.79 Å². The summed E-state index contributed by atoms with van der Waals surface area (Å²) in [5.74, 6) is -0.388. The third-order valence-electron chi connectivity index (χ3n) is 4.82. The summed E-state index contributed by atoms with van der Waals surface area (Å²) < 4.78 is 5.39. The largest absolute Gasteiger partial charge is 0.422 e. The number of halogens is 2. The summed E-state index contributed by atoms with van der Waals surface area (Å²) >= 11 is 17.7. The highest BCUT2D eigenvalue weighted by Crippen LogP contribution is 2.30. The van der Waals surface area contributed by atoms with Crippen LogP contribution < -0.4 is 16.3 Å². The zero-order valence-corrected chi connectivity index (χ0v) is 19.1. The van der Waals surface area contributed by atoms with Gasteiger partial charge >= 0.3 is 5.63 Å². The van der Waals surface area contributed by atoms with Gasteiger partial charge in [0.05, 0.1) is 10.6 Å². The molecule has 0 saturated carbocycles. The smallest absolute Gasteiger partial charge is 0.344 e. The minimum atomic E-state index is -0.481. The van der Waals surface area contributed by atoms with Gasteiger partial charge in [0, 0.05) is 27.2 Å². The van der Waals surface area contributed by atoms with E-state index in [0.29, 0.717) is 38.0 Å². The van der Waals surface area contributed by atoms with Crippen molar-refractivity contribution in [3.8, 4) is 11.1 Å². The van der Waals surface area contributed by atoms with Crippen LogP contribution >= 0.6 is 35.4 Å². The molecule has 2 N–H and O–H groups in total. The Balaban J connectivity index is 1.51. The number of carbonyl (C=O) groups excluding carboxylic acids is 1. The van der Waals surface area contributed by atoms with Gasteiger partial charge in [-0.1, -0.05) is 53.5 Å². The molecule has 3 aromatic carbocycles. The van der Waals surface area contributed by atoms with E-state index in [2.05, 4.69) is 10.6 Å². The number of anilines is 1. The number of hydrogen-bond donors (Lipinski definition) is 2. The van der Waals surface area contributed by atoms with Crippen molar-refractivity contribution in [1.82, 2.24) is 5.32 Å². The zero-order chi connectivity index (χ0) is 22.8. The average Bonchev–Trinajstić information content (AvgIpc) is 2.75. The van der Waals surface area contributed by atoms with Crippen LogP contribution in [-0.2, 0) is 0 Å². The molecule has 160 valence electrons. The van der Waals surface area contributed by atoms with Crippen molar-refractivity contribution in [2.45, 2.75) is 6.92 Å². The van der Waals surface area contributed by atoms with E-state index in [4.69, 9.17) is 39.8 Å². The van der Waals surface area contributed by atoms with Crippen LogP contribution in [0.25, 0.3) is 22.1 Å². The predicted octanol–water partition coefficient (Wildman–Crippen LogP) is 6.20. The molecule has 0 aliphatic carbocycles. The number of rotatable bonds is 3. The van der Waals surface area contributed by atoms with Gasteiger partial charge in [0.15, 0.2) is 5.11 Å². The van der Waals surface area contributed by atoms with Gasteiger partial charge in [0.1, 0.15) is 5.58 Å². The molecule has 1 aromatic heterocycles. The molecule has 0 radical (unpaired) electrons. The molecule has 8 heteroatoms. The summed E-state index contributed by atoms with van der Waals surface area (Å²) in [5.41, 5.74) is 2.72. The monoisotopic (exact) mass is 482 g/mol. The maximum absolute atomic E-state index is 12.4. The lowest BCUT2D eigenvalue weighted by molar-refractivity contribution is 0.0977. The Kier molecular flexibility index (Phi) is 6.28. The van der Waals surface area contributed by atoms with Crippen LogP contribution in [0.3, 0.4) is 0 Å². The maximum Gasteiger partial charge on any atom is 0.344 e. The minimum absolute atomic E-state index is 0.0979. The van der Waals surface area contributed by atoms with Crippen LogP contribution in [0.1, 0.15) is 15.9 Å². The van der Waals surface area contributed by atoms with Gasteiger partial charge in [0.25, 0.3) is 5.91 Å². The number of carbonyl (C=O) groups is 1. The maximum atomic E-state index is 12.4. The number of hydrogen-bond acceptors (Lipinski definition) is 4. The summed E-state index contributed by atoms with van der Waals surface area (Å²) in [4.78, 5) is 24.8. The first kappa shape index (κ1) is 22.0. The molecule has 0 fully saturated rings. The van der Waals surface area contributed by atoms with E-state index < -0.39 is 5.63 Å². The number of fused-ring (bicyclic) bond motifs is 1. The molecule has 5 nitrogen and oxygen atoms in total. The lowest BCUT2D eigenvalue weighted by atomic mass is 10.1.